The molecule has 286 valence electrons. The molecule has 0 spiro atoms. The zero-order chi connectivity index (χ0) is 40.3. The predicted octanol–water partition coefficient (Wildman–Crippen LogP) is 16.2. The fraction of sp³-hybridized carbons (Fsp3) is 0.103. The van der Waals surface area contributed by atoms with Crippen LogP contribution in [0.4, 0.5) is 0 Å². The summed E-state index contributed by atoms with van der Waals surface area (Å²) in [7, 11) is 0. The van der Waals surface area contributed by atoms with E-state index in [4.69, 9.17) is 9.47 Å². The van der Waals surface area contributed by atoms with Crippen molar-refractivity contribution in [2.45, 2.75) is 38.5 Å². The van der Waals surface area contributed by atoms with Crippen molar-refractivity contribution < 1.29 is 9.47 Å². The van der Waals surface area contributed by atoms with Crippen molar-refractivity contribution in [3.8, 4) is 56.4 Å². The maximum Gasteiger partial charge on any atom is 0.139 e. The molecule has 0 atom stereocenters. The summed E-state index contributed by atoms with van der Waals surface area (Å²) in [5.41, 5.74) is 11.2. The highest BCUT2D eigenvalue weighted by molar-refractivity contribution is 6.26. The highest BCUT2D eigenvalue weighted by Gasteiger charge is 2.37. The zero-order valence-electron chi connectivity index (χ0n) is 34.1. The lowest BCUT2D eigenvalue weighted by atomic mass is 9.74. The summed E-state index contributed by atoms with van der Waals surface area (Å²) in [6.45, 7) is 9.25. The first kappa shape index (κ1) is 34.8. The van der Waals surface area contributed by atoms with E-state index < -0.39 is 0 Å². The Morgan fingerprint density at radius 2 is 0.667 bits per heavy atom. The van der Waals surface area contributed by atoms with Crippen molar-refractivity contribution in [1.82, 2.24) is 0 Å². The maximum absolute atomic E-state index is 6.95. The van der Waals surface area contributed by atoms with Gasteiger partial charge in [0.05, 0.1) is 0 Å². The van der Waals surface area contributed by atoms with Crippen LogP contribution in [-0.2, 0) is 10.8 Å². The van der Waals surface area contributed by atoms with Crippen LogP contribution in [0, 0.1) is 0 Å². The van der Waals surface area contributed by atoms with E-state index in [1.807, 2.05) is 0 Å². The number of para-hydroxylation sites is 4. The van der Waals surface area contributed by atoms with Gasteiger partial charge in [-0.25, -0.2) is 0 Å². The average molecular weight is 771 g/mol. The van der Waals surface area contributed by atoms with Crippen molar-refractivity contribution in [3.05, 3.63) is 204 Å². The number of rotatable bonds is 3. The molecule has 2 nitrogen and oxygen atoms in total. The average Bonchev–Trinajstić information content (AvgIpc) is 3.27. The van der Waals surface area contributed by atoms with Crippen molar-refractivity contribution >= 4 is 43.1 Å². The van der Waals surface area contributed by atoms with E-state index >= 15 is 0 Å². The first-order valence-corrected chi connectivity index (χ1v) is 21.0. The minimum absolute atomic E-state index is 0.240. The Morgan fingerprint density at radius 3 is 1.17 bits per heavy atom. The number of hydrogen-bond donors (Lipinski definition) is 0. The Balaban J connectivity index is 1.22. The van der Waals surface area contributed by atoms with Crippen LogP contribution >= 0.6 is 0 Å². The molecule has 0 amide bonds. The first-order valence-electron chi connectivity index (χ1n) is 21.0. The van der Waals surface area contributed by atoms with Crippen LogP contribution in [0.15, 0.2) is 182 Å². The number of benzene rings is 10. The van der Waals surface area contributed by atoms with Crippen LogP contribution in [0.5, 0.6) is 23.0 Å². The summed E-state index contributed by atoms with van der Waals surface area (Å²) in [6, 6.07) is 66.4. The van der Waals surface area contributed by atoms with Gasteiger partial charge in [-0.3, -0.25) is 0 Å². The van der Waals surface area contributed by atoms with E-state index in [0.717, 1.165) is 45.3 Å². The monoisotopic (exact) mass is 770 g/mol. The standard InChI is InChI=1S/C58H42O2/c1-57(2)47-27-9-11-31-51(47)59-55-43(25-15-29-49(55)57)39-21-13-23-41-45(39)34-46-40(44-26-16-30-50-56(44)60-52-32-12-10-28-48(52)58(50,3)4)22-14-24-42(46)54(41)53-37-19-7-5-17-35(37)33-36-18-6-8-20-38(36)53/h5-34H,1-4H3. The molecule has 12 rings (SSSR count). The number of hydrogen-bond acceptors (Lipinski definition) is 2. The third-order valence-electron chi connectivity index (χ3n) is 13.6. The van der Waals surface area contributed by atoms with E-state index in [9.17, 15) is 0 Å². The van der Waals surface area contributed by atoms with E-state index in [2.05, 4.69) is 210 Å². The molecule has 10 aromatic carbocycles. The fourth-order valence-electron chi connectivity index (χ4n) is 10.5. The van der Waals surface area contributed by atoms with Crippen LogP contribution < -0.4 is 9.47 Å². The Hall–Kier alpha value is -7.16. The third-order valence-corrected chi connectivity index (χ3v) is 13.6. The van der Waals surface area contributed by atoms with Gasteiger partial charge in [0.25, 0.3) is 0 Å². The van der Waals surface area contributed by atoms with Gasteiger partial charge in [0.15, 0.2) is 0 Å². The highest BCUT2D eigenvalue weighted by atomic mass is 16.5. The van der Waals surface area contributed by atoms with Gasteiger partial charge in [0.2, 0.25) is 0 Å². The highest BCUT2D eigenvalue weighted by Crippen LogP contribution is 2.55. The summed E-state index contributed by atoms with van der Waals surface area (Å²) in [4.78, 5) is 0. The smallest absolute Gasteiger partial charge is 0.139 e. The Morgan fingerprint density at radius 1 is 0.300 bits per heavy atom. The minimum atomic E-state index is -0.240. The molecular formula is C58H42O2. The normalized spacial score (nSPS) is 14.5. The van der Waals surface area contributed by atoms with E-state index in [1.165, 1.54) is 76.5 Å². The molecule has 2 aliphatic heterocycles. The number of fused-ring (bicyclic) bond motifs is 8. The van der Waals surface area contributed by atoms with Crippen LogP contribution in [0.3, 0.4) is 0 Å². The molecule has 0 saturated carbocycles. The zero-order valence-corrected chi connectivity index (χ0v) is 34.1. The second-order valence-electron chi connectivity index (χ2n) is 17.6. The van der Waals surface area contributed by atoms with Crippen LogP contribution in [-0.4, -0.2) is 0 Å². The molecule has 0 unspecified atom stereocenters. The van der Waals surface area contributed by atoms with Crippen molar-refractivity contribution in [1.29, 1.82) is 0 Å². The van der Waals surface area contributed by atoms with Crippen LogP contribution in [0.1, 0.15) is 49.9 Å². The Bertz CT molecular complexity index is 3220. The molecule has 0 fully saturated rings. The summed E-state index contributed by atoms with van der Waals surface area (Å²) in [6.07, 6.45) is 0. The SMILES string of the molecule is CC1(C)c2ccccc2Oc2c(-c3cccc4c(-c5c6ccccc6cc6ccccc56)c5cccc(-c6cccc7c6Oc6ccccc6C7(C)C)c5cc34)cccc21. The molecule has 60 heavy (non-hydrogen) atoms. The molecule has 0 aliphatic carbocycles. The van der Waals surface area contributed by atoms with Crippen LogP contribution in [0.2, 0.25) is 0 Å². The molecule has 0 saturated heterocycles. The number of ether oxygens (including phenoxy) is 2. The quantitative estimate of drug-likeness (QED) is 0.167. The van der Waals surface area contributed by atoms with Gasteiger partial charge in [-0.1, -0.05) is 185 Å². The predicted molar refractivity (Wildman–Crippen MR) is 250 cm³/mol. The van der Waals surface area contributed by atoms with E-state index in [0.29, 0.717) is 0 Å². The van der Waals surface area contributed by atoms with E-state index in [1.54, 1.807) is 0 Å². The van der Waals surface area contributed by atoms with Crippen molar-refractivity contribution in [3.63, 3.8) is 0 Å². The van der Waals surface area contributed by atoms with Gasteiger partial charge in [0, 0.05) is 44.2 Å². The second kappa shape index (κ2) is 12.7. The van der Waals surface area contributed by atoms with Gasteiger partial charge < -0.3 is 9.47 Å². The summed E-state index contributed by atoms with van der Waals surface area (Å²) < 4.78 is 13.9. The molecule has 2 aliphatic rings. The molecule has 0 N–H and O–H groups in total. The summed E-state index contributed by atoms with van der Waals surface area (Å²) in [5.74, 6) is 3.67. The minimum Gasteiger partial charge on any atom is -0.456 e. The Labute approximate surface area is 350 Å². The fourth-order valence-corrected chi connectivity index (χ4v) is 10.5. The summed E-state index contributed by atoms with van der Waals surface area (Å²) in [5, 5.41) is 9.67. The molecule has 10 aromatic rings. The van der Waals surface area contributed by atoms with E-state index in [-0.39, 0.29) is 10.8 Å². The lowest BCUT2D eigenvalue weighted by molar-refractivity contribution is 0.419. The molecule has 0 aromatic heterocycles. The van der Waals surface area contributed by atoms with Gasteiger partial charge in [-0.05, 0) is 89.6 Å². The van der Waals surface area contributed by atoms with Crippen LogP contribution in [0.25, 0.3) is 76.5 Å². The second-order valence-corrected chi connectivity index (χ2v) is 17.6. The maximum atomic E-state index is 6.95. The molecular weight excluding hydrogens is 729 g/mol. The molecule has 0 bridgehead atoms. The van der Waals surface area contributed by atoms with Gasteiger partial charge in [-0.15, -0.1) is 0 Å². The van der Waals surface area contributed by atoms with Gasteiger partial charge in [-0.2, -0.15) is 0 Å². The molecule has 2 heteroatoms. The van der Waals surface area contributed by atoms with Crippen molar-refractivity contribution in [2.24, 2.45) is 0 Å². The third kappa shape index (κ3) is 4.88. The lowest BCUT2D eigenvalue weighted by Crippen LogP contribution is -2.24. The van der Waals surface area contributed by atoms with Crippen molar-refractivity contribution in [2.75, 3.05) is 0 Å². The van der Waals surface area contributed by atoms with Gasteiger partial charge >= 0.3 is 0 Å². The molecule has 2 heterocycles. The molecule has 0 radical (unpaired) electrons. The summed E-state index contributed by atoms with van der Waals surface area (Å²) >= 11 is 0. The lowest BCUT2D eigenvalue weighted by Gasteiger charge is -2.35. The first-order chi connectivity index (χ1) is 29.3. The largest absolute Gasteiger partial charge is 0.456 e. The van der Waals surface area contributed by atoms with Gasteiger partial charge in [0.1, 0.15) is 23.0 Å². The topological polar surface area (TPSA) is 18.5 Å². The Kier molecular flexibility index (Phi) is 7.36.